The fourth-order valence-electron chi connectivity index (χ4n) is 1.96. The summed E-state index contributed by atoms with van der Waals surface area (Å²) in [5.41, 5.74) is 0. The maximum Gasteiger partial charge on any atom is 0.213 e. The quantitative estimate of drug-likeness (QED) is 0.656. The van der Waals surface area contributed by atoms with Crippen molar-refractivity contribution in [3.63, 3.8) is 0 Å². The highest BCUT2D eigenvalue weighted by Gasteiger charge is 2.34. The van der Waals surface area contributed by atoms with Crippen LogP contribution in [0.1, 0.15) is 13.8 Å². The third kappa shape index (κ3) is 3.70. The van der Waals surface area contributed by atoms with Gasteiger partial charge in [-0.2, -0.15) is 0 Å². The van der Waals surface area contributed by atoms with E-state index in [1.165, 1.54) is 0 Å². The van der Waals surface area contributed by atoms with Crippen molar-refractivity contribution < 1.29 is 8.42 Å². The van der Waals surface area contributed by atoms with Crippen LogP contribution in [-0.4, -0.2) is 56.7 Å². The molecule has 2 heterocycles. The Morgan fingerprint density at radius 2 is 2.17 bits per heavy atom. The van der Waals surface area contributed by atoms with Crippen molar-refractivity contribution in [3.05, 3.63) is 0 Å². The van der Waals surface area contributed by atoms with Gasteiger partial charge in [-0.3, -0.25) is 4.99 Å². The zero-order valence-corrected chi connectivity index (χ0v) is 13.9. The molecular formula is C10H21IN4O2S. The standard InChI is InChI=1S/C10H20N4O2S.HI/c1-3-17(15,16)14-6-9(7-14)5-12-10-11-4-8(2)13-10;/h8-9H,3-7H2,1-2H3,(H2,11,12,13);1H. The number of aliphatic imine (C=N–C) groups is 1. The molecule has 1 unspecified atom stereocenters. The maximum atomic E-state index is 11.5. The zero-order valence-electron chi connectivity index (χ0n) is 10.7. The normalized spacial score (nSPS) is 24.8. The molecule has 0 bridgehead atoms. The molecule has 1 fully saturated rings. The van der Waals surface area contributed by atoms with E-state index in [1.54, 1.807) is 11.2 Å². The third-order valence-electron chi connectivity index (χ3n) is 3.15. The van der Waals surface area contributed by atoms with Gasteiger partial charge in [0.25, 0.3) is 0 Å². The second-order valence-corrected chi connectivity index (χ2v) is 6.96. The van der Waals surface area contributed by atoms with Crippen molar-refractivity contribution in [2.24, 2.45) is 10.9 Å². The Morgan fingerprint density at radius 1 is 1.50 bits per heavy atom. The van der Waals surface area contributed by atoms with Gasteiger partial charge in [-0.1, -0.05) is 0 Å². The average Bonchev–Trinajstić information content (AvgIpc) is 2.61. The van der Waals surface area contributed by atoms with Gasteiger partial charge in [0.05, 0.1) is 12.3 Å². The summed E-state index contributed by atoms with van der Waals surface area (Å²) in [6, 6.07) is 0.399. The summed E-state index contributed by atoms with van der Waals surface area (Å²) >= 11 is 0. The molecule has 1 saturated heterocycles. The van der Waals surface area contributed by atoms with E-state index in [1.807, 2.05) is 0 Å². The Kier molecular flexibility index (Phi) is 5.66. The number of hydrogen-bond donors (Lipinski definition) is 2. The fourth-order valence-corrected chi connectivity index (χ4v) is 3.20. The van der Waals surface area contributed by atoms with Crippen LogP contribution in [0.4, 0.5) is 0 Å². The Morgan fingerprint density at radius 3 is 2.67 bits per heavy atom. The molecule has 0 aromatic carbocycles. The van der Waals surface area contributed by atoms with Crippen LogP contribution in [0, 0.1) is 5.92 Å². The predicted octanol–water partition coefficient (Wildman–Crippen LogP) is -0.177. The highest BCUT2D eigenvalue weighted by atomic mass is 127. The van der Waals surface area contributed by atoms with E-state index in [-0.39, 0.29) is 29.7 Å². The van der Waals surface area contributed by atoms with Gasteiger partial charge in [0.1, 0.15) is 0 Å². The lowest BCUT2D eigenvalue weighted by Crippen LogP contribution is -2.54. The first-order valence-electron chi connectivity index (χ1n) is 6.04. The van der Waals surface area contributed by atoms with Crippen LogP contribution in [0.5, 0.6) is 0 Å². The van der Waals surface area contributed by atoms with Gasteiger partial charge in [0.2, 0.25) is 10.0 Å². The van der Waals surface area contributed by atoms with E-state index < -0.39 is 10.0 Å². The molecule has 2 rings (SSSR count). The largest absolute Gasteiger partial charge is 0.356 e. The molecule has 0 aliphatic carbocycles. The minimum Gasteiger partial charge on any atom is -0.356 e. The SMILES string of the molecule is CCS(=O)(=O)N1CC(CNC2=NCC(C)N2)C1.I. The van der Waals surface area contributed by atoms with Crippen molar-refractivity contribution >= 4 is 40.0 Å². The molecule has 0 radical (unpaired) electrons. The van der Waals surface area contributed by atoms with Gasteiger partial charge in [-0.15, -0.1) is 24.0 Å². The van der Waals surface area contributed by atoms with Crippen LogP contribution >= 0.6 is 24.0 Å². The van der Waals surface area contributed by atoms with E-state index in [0.717, 1.165) is 19.0 Å². The van der Waals surface area contributed by atoms with Gasteiger partial charge in [0.15, 0.2) is 5.96 Å². The van der Waals surface area contributed by atoms with Crippen LogP contribution in [0.15, 0.2) is 4.99 Å². The van der Waals surface area contributed by atoms with Gasteiger partial charge < -0.3 is 10.6 Å². The highest BCUT2D eigenvalue weighted by Crippen LogP contribution is 2.18. The van der Waals surface area contributed by atoms with E-state index in [2.05, 4.69) is 22.5 Å². The molecule has 0 aromatic rings. The molecule has 6 nitrogen and oxygen atoms in total. The van der Waals surface area contributed by atoms with Crippen LogP contribution in [0.25, 0.3) is 0 Å². The summed E-state index contributed by atoms with van der Waals surface area (Å²) in [6.45, 7) is 6.62. The van der Waals surface area contributed by atoms with Crippen molar-refractivity contribution in [3.8, 4) is 0 Å². The average molecular weight is 388 g/mol. The molecule has 2 aliphatic rings. The summed E-state index contributed by atoms with van der Waals surface area (Å²) in [5.74, 6) is 1.44. The number of nitrogens with one attached hydrogen (secondary N) is 2. The van der Waals surface area contributed by atoms with E-state index in [4.69, 9.17) is 0 Å². The molecule has 0 amide bonds. The minimum atomic E-state index is -2.98. The molecule has 2 aliphatic heterocycles. The van der Waals surface area contributed by atoms with Crippen molar-refractivity contribution in [2.45, 2.75) is 19.9 Å². The van der Waals surface area contributed by atoms with Gasteiger partial charge in [-0.05, 0) is 13.8 Å². The smallest absolute Gasteiger partial charge is 0.213 e. The molecule has 106 valence electrons. The van der Waals surface area contributed by atoms with Crippen LogP contribution in [0.2, 0.25) is 0 Å². The van der Waals surface area contributed by atoms with Crippen LogP contribution < -0.4 is 10.6 Å². The lowest BCUT2D eigenvalue weighted by atomic mass is 10.0. The monoisotopic (exact) mass is 388 g/mol. The Hall–Kier alpha value is -0.0900. The van der Waals surface area contributed by atoms with E-state index in [0.29, 0.717) is 25.0 Å². The van der Waals surface area contributed by atoms with Crippen LogP contribution in [0.3, 0.4) is 0 Å². The Labute approximate surface area is 126 Å². The first-order chi connectivity index (χ1) is 8.01. The minimum absolute atomic E-state index is 0. The molecule has 18 heavy (non-hydrogen) atoms. The topological polar surface area (TPSA) is 73.8 Å². The fraction of sp³-hybridized carbons (Fsp3) is 0.900. The Balaban J connectivity index is 0.00000162. The molecule has 0 saturated carbocycles. The number of guanidine groups is 1. The molecule has 1 atom stereocenters. The first kappa shape index (κ1) is 16.0. The molecule has 8 heteroatoms. The lowest BCUT2D eigenvalue weighted by molar-refractivity contribution is 0.202. The Bertz CT molecular complexity index is 406. The molecule has 0 aromatic heterocycles. The third-order valence-corrected chi connectivity index (χ3v) is 4.96. The number of nitrogens with zero attached hydrogens (tertiary/aromatic N) is 2. The van der Waals surface area contributed by atoms with Gasteiger partial charge in [0, 0.05) is 31.6 Å². The molecule has 2 N–H and O–H groups in total. The summed E-state index contributed by atoms with van der Waals surface area (Å²) in [6.07, 6.45) is 0. The van der Waals surface area contributed by atoms with E-state index >= 15 is 0 Å². The summed E-state index contributed by atoms with van der Waals surface area (Å²) in [7, 11) is -2.98. The predicted molar refractivity (Wildman–Crippen MR) is 82.8 cm³/mol. The number of halogens is 1. The lowest BCUT2D eigenvalue weighted by Gasteiger charge is -2.38. The van der Waals surface area contributed by atoms with Crippen molar-refractivity contribution in [1.82, 2.24) is 14.9 Å². The van der Waals surface area contributed by atoms with E-state index in [9.17, 15) is 8.42 Å². The summed E-state index contributed by atoms with van der Waals surface area (Å²) in [4.78, 5) is 4.29. The van der Waals surface area contributed by atoms with Crippen molar-refractivity contribution in [2.75, 3.05) is 31.9 Å². The molecular weight excluding hydrogens is 367 g/mol. The van der Waals surface area contributed by atoms with Crippen LogP contribution in [-0.2, 0) is 10.0 Å². The maximum absolute atomic E-state index is 11.5. The highest BCUT2D eigenvalue weighted by molar-refractivity contribution is 14.0. The number of rotatable bonds is 4. The van der Waals surface area contributed by atoms with Gasteiger partial charge >= 0.3 is 0 Å². The number of sulfonamides is 1. The summed E-state index contributed by atoms with van der Waals surface area (Å²) in [5, 5.41) is 6.44. The number of hydrogen-bond acceptors (Lipinski definition) is 5. The second kappa shape index (κ2) is 6.38. The first-order valence-corrected chi connectivity index (χ1v) is 7.65. The molecule has 0 spiro atoms. The second-order valence-electron chi connectivity index (χ2n) is 4.70. The zero-order chi connectivity index (χ0) is 12.5. The van der Waals surface area contributed by atoms with Gasteiger partial charge in [-0.25, -0.2) is 12.7 Å². The van der Waals surface area contributed by atoms with Crippen molar-refractivity contribution in [1.29, 1.82) is 0 Å². The summed E-state index contributed by atoms with van der Waals surface area (Å²) < 4.78 is 24.5.